The van der Waals surface area contributed by atoms with Crippen LogP contribution < -0.4 is 5.32 Å². The summed E-state index contributed by atoms with van der Waals surface area (Å²) in [5, 5.41) is 3.33. The van der Waals surface area contributed by atoms with Crippen LogP contribution in [0.3, 0.4) is 0 Å². The maximum atomic E-state index is 12.8. The van der Waals surface area contributed by atoms with Crippen LogP contribution in [-0.4, -0.2) is 27.8 Å². The summed E-state index contributed by atoms with van der Waals surface area (Å²) in [5.41, 5.74) is 3.66. The first-order valence-corrected chi connectivity index (χ1v) is 9.07. The molecule has 27 heavy (non-hydrogen) atoms. The first-order valence-electron chi connectivity index (χ1n) is 9.07. The zero-order valence-electron chi connectivity index (χ0n) is 15.9. The molecule has 0 unspecified atom stereocenters. The smallest absolute Gasteiger partial charge is 0.272 e. The molecule has 1 heterocycles. The van der Waals surface area contributed by atoms with Crippen molar-refractivity contribution in [2.45, 2.75) is 26.8 Å². The van der Waals surface area contributed by atoms with Gasteiger partial charge in [-0.15, -0.1) is 0 Å². The monoisotopic (exact) mass is 360 g/mol. The fourth-order valence-electron chi connectivity index (χ4n) is 2.95. The van der Waals surface area contributed by atoms with Gasteiger partial charge in [0.15, 0.2) is 0 Å². The third-order valence-corrected chi connectivity index (χ3v) is 4.33. The SMILES string of the molecule is CCc1ccccc1Nc1cc(C(=O)N(C)Cc2ccccc2)nc(C)n1. The van der Waals surface area contributed by atoms with E-state index in [2.05, 4.69) is 28.3 Å². The lowest BCUT2D eigenvalue weighted by Gasteiger charge is -2.18. The molecule has 0 fully saturated rings. The number of nitrogens with one attached hydrogen (secondary N) is 1. The summed E-state index contributed by atoms with van der Waals surface area (Å²) in [6.07, 6.45) is 0.916. The number of carbonyl (C=O) groups excluding carboxylic acids is 1. The van der Waals surface area contributed by atoms with Crippen LogP contribution in [0.25, 0.3) is 0 Å². The topological polar surface area (TPSA) is 58.1 Å². The highest BCUT2D eigenvalue weighted by molar-refractivity contribution is 5.93. The van der Waals surface area contributed by atoms with Crippen molar-refractivity contribution in [3.05, 3.63) is 83.3 Å². The molecule has 0 aliphatic rings. The number of amides is 1. The molecule has 0 atom stereocenters. The Morgan fingerprint density at radius 1 is 1.04 bits per heavy atom. The largest absolute Gasteiger partial charge is 0.340 e. The lowest BCUT2D eigenvalue weighted by atomic mass is 10.1. The van der Waals surface area contributed by atoms with E-state index in [0.29, 0.717) is 23.9 Å². The number of aromatic nitrogens is 2. The number of hydrogen-bond acceptors (Lipinski definition) is 4. The molecule has 5 heteroatoms. The van der Waals surface area contributed by atoms with Gasteiger partial charge in [0, 0.05) is 25.3 Å². The molecule has 1 aromatic heterocycles. The molecule has 0 saturated heterocycles. The van der Waals surface area contributed by atoms with E-state index >= 15 is 0 Å². The highest BCUT2D eigenvalue weighted by Gasteiger charge is 2.16. The van der Waals surface area contributed by atoms with Crippen molar-refractivity contribution in [2.75, 3.05) is 12.4 Å². The number of anilines is 2. The second-order valence-electron chi connectivity index (χ2n) is 6.47. The van der Waals surface area contributed by atoms with E-state index < -0.39 is 0 Å². The normalized spacial score (nSPS) is 10.5. The van der Waals surface area contributed by atoms with Crippen molar-refractivity contribution in [1.29, 1.82) is 0 Å². The fraction of sp³-hybridized carbons (Fsp3) is 0.227. The van der Waals surface area contributed by atoms with E-state index in [1.807, 2.05) is 48.5 Å². The van der Waals surface area contributed by atoms with Crippen molar-refractivity contribution in [3.63, 3.8) is 0 Å². The first kappa shape index (κ1) is 18.6. The Morgan fingerprint density at radius 2 is 1.74 bits per heavy atom. The second-order valence-corrected chi connectivity index (χ2v) is 6.47. The zero-order valence-corrected chi connectivity index (χ0v) is 15.9. The molecule has 0 radical (unpaired) electrons. The number of hydrogen-bond donors (Lipinski definition) is 1. The summed E-state index contributed by atoms with van der Waals surface area (Å²) >= 11 is 0. The first-order chi connectivity index (χ1) is 13.1. The zero-order chi connectivity index (χ0) is 19.2. The highest BCUT2D eigenvalue weighted by Crippen LogP contribution is 2.21. The van der Waals surface area contributed by atoms with Crippen LogP contribution in [0.15, 0.2) is 60.7 Å². The second kappa shape index (κ2) is 8.45. The number of benzene rings is 2. The molecule has 3 rings (SSSR count). The van der Waals surface area contributed by atoms with E-state index in [1.54, 1.807) is 24.9 Å². The van der Waals surface area contributed by atoms with Crippen molar-refractivity contribution < 1.29 is 4.79 Å². The molecule has 5 nitrogen and oxygen atoms in total. The van der Waals surface area contributed by atoms with Crippen molar-refractivity contribution >= 4 is 17.4 Å². The average molecular weight is 360 g/mol. The molecular weight excluding hydrogens is 336 g/mol. The molecule has 0 bridgehead atoms. The molecule has 138 valence electrons. The number of aryl methyl sites for hydroxylation is 2. The quantitative estimate of drug-likeness (QED) is 0.709. The van der Waals surface area contributed by atoms with Gasteiger partial charge in [-0.1, -0.05) is 55.5 Å². The van der Waals surface area contributed by atoms with Gasteiger partial charge >= 0.3 is 0 Å². The maximum absolute atomic E-state index is 12.8. The predicted molar refractivity (Wildman–Crippen MR) is 108 cm³/mol. The van der Waals surface area contributed by atoms with Crippen molar-refractivity contribution in [3.8, 4) is 0 Å². The van der Waals surface area contributed by atoms with E-state index in [1.165, 1.54) is 5.56 Å². The molecule has 0 aliphatic carbocycles. The van der Waals surface area contributed by atoms with Gasteiger partial charge < -0.3 is 10.2 Å². The summed E-state index contributed by atoms with van der Waals surface area (Å²) in [6, 6.07) is 19.7. The standard InChI is InChI=1S/C22H24N4O/c1-4-18-12-8-9-13-19(18)25-21-14-20(23-16(2)24-21)22(27)26(3)15-17-10-6-5-7-11-17/h5-14H,4,15H2,1-3H3,(H,23,24,25). The minimum absolute atomic E-state index is 0.129. The molecule has 0 saturated carbocycles. The van der Waals surface area contributed by atoms with Gasteiger partial charge in [-0.25, -0.2) is 9.97 Å². The van der Waals surface area contributed by atoms with Crippen LogP contribution in [0.5, 0.6) is 0 Å². The maximum Gasteiger partial charge on any atom is 0.272 e. The molecular formula is C22H24N4O. The summed E-state index contributed by atoms with van der Waals surface area (Å²) in [6.45, 7) is 4.44. The Balaban J connectivity index is 1.81. The van der Waals surface area contributed by atoms with Gasteiger partial charge in [0.1, 0.15) is 17.3 Å². The van der Waals surface area contributed by atoms with Gasteiger partial charge in [0.05, 0.1) is 0 Å². The van der Waals surface area contributed by atoms with Gasteiger partial charge in [0.25, 0.3) is 5.91 Å². The Labute approximate surface area is 160 Å². The average Bonchev–Trinajstić information content (AvgIpc) is 2.68. The van der Waals surface area contributed by atoms with Crippen molar-refractivity contribution in [1.82, 2.24) is 14.9 Å². The molecule has 0 aliphatic heterocycles. The van der Waals surface area contributed by atoms with Gasteiger partial charge in [-0.05, 0) is 30.5 Å². The number of nitrogens with zero attached hydrogens (tertiary/aromatic N) is 3. The number of para-hydroxylation sites is 1. The molecule has 1 amide bonds. The Kier molecular flexibility index (Phi) is 5.81. The number of carbonyl (C=O) groups is 1. The van der Waals surface area contributed by atoms with Gasteiger partial charge in [-0.3, -0.25) is 4.79 Å². The molecule has 2 aromatic carbocycles. The van der Waals surface area contributed by atoms with Crippen LogP contribution in [0.1, 0.15) is 34.4 Å². The summed E-state index contributed by atoms with van der Waals surface area (Å²) in [7, 11) is 1.78. The minimum Gasteiger partial charge on any atom is -0.340 e. The van der Waals surface area contributed by atoms with Crippen LogP contribution in [-0.2, 0) is 13.0 Å². The molecule has 3 aromatic rings. The molecule has 1 N–H and O–H groups in total. The highest BCUT2D eigenvalue weighted by atomic mass is 16.2. The summed E-state index contributed by atoms with van der Waals surface area (Å²) < 4.78 is 0. The van der Waals surface area contributed by atoms with E-state index in [0.717, 1.165) is 17.7 Å². The van der Waals surface area contributed by atoms with Crippen LogP contribution in [0, 0.1) is 6.92 Å². The fourth-order valence-corrected chi connectivity index (χ4v) is 2.95. The third-order valence-electron chi connectivity index (χ3n) is 4.33. The van der Waals surface area contributed by atoms with Crippen LogP contribution >= 0.6 is 0 Å². The lowest BCUT2D eigenvalue weighted by Crippen LogP contribution is -2.27. The van der Waals surface area contributed by atoms with Crippen molar-refractivity contribution in [2.24, 2.45) is 0 Å². The predicted octanol–water partition coefficient (Wildman–Crippen LogP) is 4.36. The molecule has 0 spiro atoms. The van der Waals surface area contributed by atoms with E-state index in [4.69, 9.17) is 0 Å². The third kappa shape index (κ3) is 4.70. The Hall–Kier alpha value is -3.21. The van der Waals surface area contributed by atoms with Crippen LogP contribution in [0.2, 0.25) is 0 Å². The Bertz CT molecular complexity index is 925. The van der Waals surface area contributed by atoms with E-state index in [-0.39, 0.29) is 5.91 Å². The van der Waals surface area contributed by atoms with E-state index in [9.17, 15) is 4.79 Å². The van der Waals surface area contributed by atoms with Gasteiger partial charge in [0.2, 0.25) is 0 Å². The van der Waals surface area contributed by atoms with Gasteiger partial charge in [-0.2, -0.15) is 0 Å². The summed E-state index contributed by atoms with van der Waals surface area (Å²) in [4.78, 5) is 23.3. The lowest BCUT2D eigenvalue weighted by molar-refractivity contribution is 0.0779. The minimum atomic E-state index is -0.129. The van der Waals surface area contributed by atoms with Crippen LogP contribution in [0.4, 0.5) is 11.5 Å². The number of rotatable bonds is 6. The summed E-state index contributed by atoms with van der Waals surface area (Å²) in [5.74, 6) is 1.06. The Morgan fingerprint density at radius 3 is 2.48 bits per heavy atom.